The average Bonchev–Trinajstić information content (AvgIpc) is 2.21. The van der Waals surface area contributed by atoms with Crippen LogP contribution in [0.25, 0.3) is 0 Å². The average molecular weight is 177 g/mol. The van der Waals surface area contributed by atoms with Gasteiger partial charge in [0.05, 0.1) is 0 Å². The zero-order valence-electron chi connectivity index (χ0n) is 7.12. The Morgan fingerprint density at radius 2 is 1.83 bits per heavy atom. The molecule has 0 aliphatic carbocycles. The van der Waals surface area contributed by atoms with E-state index in [0.717, 1.165) is 5.92 Å². The lowest BCUT2D eigenvalue weighted by atomic mass is 9.94. The minimum atomic E-state index is 0.820. The summed E-state index contributed by atoms with van der Waals surface area (Å²) >= 11 is 2.09. The molecule has 0 aromatic heterocycles. The van der Waals surface area contributed by atoms with Crippen molar-refractivity contribution in [2.24, 2.45) is 0 Å². The molecule has 63 valence electrons. The Labute approximate surface area is 78.4 Å². The zero-order chi connectivity index (χ0) is 8.23. The largest absolute Gasteiger partial charge is 0.162 e. The third-order valence-electron chi connectivity index (χ3n) is 2.44. The van der Waals surface area contributed by atoms with E-state index in [2.05, 4.69) is 30.0 Å². The predicted molar refractivity (Wildman–Crippen MR) is 54.6 cm³/mol. The van der Waals surface area contributed by atoms with E-state index in [1.54, 1.807) is 0 Å². The summed E-state index contributed by atoms with van der Waals surface area (Å²) < 4.78 is 0. The highest BCUT2D eigenvalue weighted by molar-refractivity contribution is 7.99. The van der Waals surface area contributed by atoms with Gasteiger partial charge in [0.15, 0.2) is 0 Å². The summed E-state index contributed by atoms with van der Waals surface area (Å²) in [5.74, 6) is 3.49. The molecule has 2 rings (SSSR count). The number of hydrogen-bond acceptors (Lipinski definition) is 1. The lowest BCUT2D eigenvalue weighted by Crippen LogP contribution is -2.07. The summed E-state index contributed by atoms with van der Waals surface area (Å²) in [5, 5.41) is 0. The van der Waals surface area contributed by atoms with Crippen LogP contribution >= 0.6 is 11.8 Å². The van der Waals surface area contributed by atoms with Crippen molar-refractivity contribution in [1.82, 2.24) is 0 Å². The molecular formula is C11H13S. The third kappa shape index (κ3) is 1.84. The van der Waals surface area contributed by atoms with Gasteiger partial charge in [-0.3, -0.25) is 0 Å². The number of thioether (sulfide) groups is 1. The van der Waals surface area contributed by atoms with Crippen LogP contribution in [0.1, 0.15) is 24.3 Å². The zero-order valence-corrected chi connectivity index (χ0v) is 7.94. The second-order valence-corrected chi connectivity index (χ2v) is 4.44. The molecule has 0 atom stereocenters. The van der Waals surface area contributed by atoms with Gasteiger partial charge in [-0.25, -0.2) is 0 Å². The fourth-order valence-corrected chi connectivity index (χ4v) is 2.81. The quantitative estimate of drug-likeness (QED) is 0.635. The highest BCUT2D eigenvalue weighted by Gasteiger charge is 2.14. The standard InChI is InChI=1S/C11H13S/c1-2-4-10(5-3-1)11-6-8-12-9-7-11/h2-5,11H,6-9H2. The topological polar surface area (TPSA) is 0 Å². The fourth-order valence-electron chi connectivity index (χ4n) is 1.70. The molecule has 0 bridgehead atoms. The van der Waals surface area contributed by atoms with Crippen LogP contribution in [0.4, 0.5) is 0 Å². The Morgan fingerprint density at radius 1 is 1.17 bits per heavy atom. The molecule has 1 radical (unpaired) electrons. The maximum Gasteiger partial charge on any atom is -0.00617 e. The van der Waals surface area contributed by atoms with Crippen LogP contribution in [0, 0.1) is 6.07 Å². The Kier molecular flexibility index (Phi) is 2.72. The Balaban J connectivity index is 2.08. The SMILES string of the molecule is [c]1ccc(C2CCSCC2)cc1. The highest BCUT2D eigenvalue weighted by atomic mass is 32.2. The van der Waals surface area contributed by atoms with Crippen LogP contribution in [0.5, 0.6) is 0 Å². The van der Waals surface area contributed by atoms with Crippen LogP contribution < -0.4 is 0 Å². The monoisotopic (exact) mass is 177 g/mol. The number of hydrogen-bond donors (Lipinski definition) is 0. The fraction of sp³-hybridized carbons (Fsp3) is 0.455. The molecule has 1 aliphatic rings. The summed E-state index contributed by atoms with van der Waals surface area (Å²) in [6, 6.07) is 11.5. The van der Waals surface area contributed by atoms with Crippen LogP contribution in [0.3, 0.4) is 0 Å². The van der Waals surface area contributed by atoms with Gasteiger partial charge >= 0.3 is 0 Å². The van der Waals surface area contributed by atoms with Gasteiger partial charge in [-0.1, -0.05) is 24.3 Å². The summed E-state index contributed by atoms with van der Waals surface area (Å²) in [5.41, 5.74) is 1.51. The van der Waals surface area contributed by atoms with Crippen molar-refractivity contribution in [2.75, 3.05) is 11.5 Å². The van der Waals surface area contributed by atoms with Crippen LogP contribution in [0.2, 0.25) is 0 Å². The Hall–Kier alpha value is -0.430. The highest BCUT2D eigenvalue weighted by Crippen LogP contribution is 2.30. The molecule has 1 aliphatic heterocycles. The van der Waals surface area contributed by atoms with Gasteiger partial charge in [0.1, 0.15) is 0 Å². The normalized spacial score (nSPS) is 19.3. The van der Waals surface area contributed by atoms with E-state index in [-0.39, 0.29) is 0 Å². The maximum atomic E-state index is 3.07. The van der Waals surface area contributed by atoms with E-state index in [1.807, 2.05) is 12.1 Å². The lowest BCUT2D eigenvalue weighted by molar-refractivity contribution is 0.637. The first-order chi connectivity index (χ1) is 5.97. The molecule has 0 spiro atoms. The maximum absolute atomic E-state index is 3.07. The van der Waals surface area contributed by atoms with Crippen LogP contribution in [-0.4, -0.2) is 11.5 Å². The van der Waals surface area contributed by atoms with E-state index >= 15 is 0 Å². The molecule has 1 saturated heterocycles. The first kappa shape index (κ1) is 8.18. The van der Waals surface area contributed by atoms with Gasteiger partial charge < -0.3 is 0 Å². The molecule has 0 unspecified atom stereocenters. The minimum absolute atomic E-state index is 0.820. The van der Waals surface area contributed by atoms with Crippen molar-refractivity contribution >= 4 is 11.8 Å². The van der Waals surface area contributed by atoms with Gasteiger partial charge in [0.2, 0.25) is 0 Å². The van der Waals surface area contributed by atoms with E-state index in [0.29, 0.717) is 0 Å². The Bertz CT molecular complexity index is 224. The molecule has 12 heavy (non-hydrogen) atoms. The molecule has 1 fully saturated rings. The van der Waals surface area contributed by atoms with Crippen LogP contribution in [0.15, 0.2) is 24.3 Å². The van der Waals surface area contributed by atoms with Crippen molar-refractivity contribution in [3.63, 3.8) is 0 Å². The van der Waals surface area contributed by atoms with Crippen molar-refractivity contribution in [3.8, 4) is 0 Å². The molecule has 0 amide bonds. The molecular weight excluding hydrogens is 164 g/mol. The molecule has 0 saturated carbocycles. The molecule has 1 heteroatoms. The third-order valence-corrected chi connectivity index (χ3v) is 3.49. The lowest BCUT2D eigenvalue weighted by Gasteiger charge is -2.21. The van der Waals surface area contributed by atoms with E-state index < -0.39 is 0 Å². The van der Waals surface area contributed by atoms with Gasteiger partial charge in [0.25, 0.3) is 0 Å². The molecule has 1 aromatic rings. The smallest absolute Gasteiger partial charge is 0.00617 e. The number of rotatable bonds is 1. The van der Waals surface area contributed by atoms with Gasteiger partial charge in [0, 0.05) is 0 Å². The van der Waals surface area contributed by atoms with E-state index in [4.69, 9.17) is 0 Å². The van der Waals surface area contributed by atoms with Crippen molar-refractivity contribution < 1.29 is 0 Å². The molecule has 0 N–H and O–H groups in total. The minimum Gasteiger partial charge on any atom is -0.162 e. The van der Waals surface area contributed by atoms with Crippen molar-refractivity contribution in [3.05, 3.63) is 35.9 Å². The second-order valence-electron chi connectivity index (χ2n) is 3.22. The van der Waals surface area contributed by atoms with E-state index in [9.17, 15) is 0 Å². The van der Waals surface area contributed by atoms with Crippen molar-refractivity contribution in [1.29, 1.82) is 0 Å². The summed E-state index contributed by atoms with van der Waals surface area (Å²) in [4.78, 5) is 0. The van der Waals surface area contributed by atoms with Gasteiger partial charge in [-0.15, -0.1) is 0 Å². The van der Waals surface area contributed by atoms with E-state index in [1.165, 1.54) is 29.9 Å². The summed E-state index contributed by atoms with van der Waals surface area (Å²) in [7, 11) is 0. The summed E-state index contributed by atoms with van der Waals surface area (Å²) in [6.07, 6.45) is 2.71. The van der Waals surface area contributed by atoms with Crippen LogP contribution in [-0.2, 0) is 0 Å². The molecule has 1 aromatic carbocycles. The molecule has 0 nitrogen and oxygen atoms in total. The van der Waals surface area contributed by atoms with Gasteiger partial charge in [-0.05, 0) is 41.9 Å². The number of benzene rings is 1. The first-order valence-corrected chi connectivity index (χ1v) is 5.66. The van der Waals surface area contributed by atoms with Gasteiger partial charge in [-0.2, -0.15) is 11.8 Å². The predicted octanol–water partition coefficient (Wildman–Crippen LogP) is 3.10. The second kappa shape index (κ2) is 3.99. The summed E-state index contributed by atoms with van der Waals surface area (Å²) in [6.45, 7) is 0. The van der Waals surface area contributed by atoms with Crippen molar-refractivity contribution in [2.45, 2.75) is 18.8 Å². The molecule has 1 heterocycles. The Morgan fingerprint density at radius 3 is 2.50 bits per heavy atom. The first-order valence-electron chi connectivity index (χ1n) is 4.50.